The second-order valence-electron chi connectivity index (χ2n) is 3.93. The molecule has 0 spiro atoms. The Hall–Kier alpha value is -2.68. The van der Waals surface area contributed by atoms with Crippen molar-refractivity contribution >= 4 is 35.1 Å². The van der Waals surface area contributed by atoms with Crippen LogP contribution in [-0.4, -0.2) is 33.9 Å². The van der Waals surface area contributed by atoms with Gasteiger partial charge in [0.2, 0.25) is 5.91 Å². The van der Waals surface area contributed by atoms with E-state index in [1.807, 2.05) is 5.32 Å². The number of carboxylic acids is 1. The number of hydrogen-bond donors (Lipinski definition) is 3. The molecule has 0 saturated carbocycles. The summed E-state index contributed by atoms with van der Waals surface area (Å²) in [6.07, 6.45) is -0.643. The fraction of sp³-hybridized carbons (Fsp3) is 0.182. The van der Waals surface area contributed by atoms with Crippen LogP contribution >= 0.6 is 11.6 Å². The van der Waals surface area contributed by atoms with E-state index >= 15 is 0 Å². The number of carbonyl (C=O) groups excluding carboxylic acids is 2. The lowest BCUT2D eigenvalue weighted by Crippen LogP contribution is -2.43. The summed E-state index contributed by atoms with van der Waals surface area (Å²) in [5.41, 5.74) is 3.80. The fourth-order valence-corrected chi connectivity index (χ4v) is 1.76. The minimum absolute atomic E-state index is 0.269. The van der Waals surface area contributed by atoms with Crippen molar-refractivity contribution in [3.8, 4) is 0 Å². The highest BCUT2D eigenvalue weighted by molar-refractivity contribution is 6.33. The van der Waals surface area contributed by atoms with Gasteiger partial charge in [0.05, 0.1) is 11.3 Å². The van der Waals surface area contributed by atoms with Crippen molar-refractivity contribution in [3.63, 3.8) is 0 Å². The molecule has 0 aliphatic heterocycles. The van der Waals surface area contributed by atoms with Crippen LogP contribution in [0.25, 0.3) is 0 Å². The summed E-state index contributed by atoms with van der Waals surface area (Å²) in [5.74, 6) is -3.48. The maximum absolute atomic E-state index is 11.9. The van der Waals surface area contributed by atoms with Crippen LogP contribution in [0.1, 0.15) is 16.8 Å². The molecule has 10 heteroatoms. The van der Waals surface area contributed by atoms with Gasteiger partial charge in [-0.25, -0.2) is 4.79 Å². The Balaban J connectivity index is 3.09. The summed E-state index contributed by atoms with van der Waals surface area (Å²) >= 11 is 5.64. The largest absolute Gasteiger partial charge is 0.480 e. The summed E-state index contributed by atoms with van der Waals surface area (Å²) in [6.45, 7) is 0. The van der Waals surface area contributed by atoms with Gasteiger partial charge in [-0.1, -0.05) is 17.7 Å². The number of rotatable bonds is 6. The van der Waals surface area contributed by atoms with Gasteiger partial charge in [-0.15, -0.1) is 0 Å². The zero-order valence-electron chi connectivity index (χ0n) is 10.4. The lowest BCUT2D eigenvalue weighted by Gasteiger charge is -2.13. The Morgan fingerprint density at radius 2 is 2.05 bits per heavy atom. The Kier molecular flexibility index (Phi) is 5.19. The van der Waals surface area contributed by atoms with Gasteiger partial charge < -0.3 is 16.2 Å². The first-order valence-corrected chi connectivity index (χ1v) is 5.86. The number of para-hydroxylation sites is 1. The summed E-state index contributed by atoms with van der Waals surface area (Å²) in [5, 5.41) is 21.5. The van der Waals surface area contributed by atoms with Gasteiger partial charge in [-0.2, -0.15) is 0 Å². The average Bonchev–Trinajstić information content (AvgIpc) is 2.36. The summed E-state index contributed by atoms with van der Waals surface area (Å²) < 4.78 is 0. The number of nitrogens with one attached hydrogen (secondary N) is 1. The second-order valence-corrected chi connectivity index (χ2v) is 4.34. The van der Waals surface area contributed by atoms with Crippen molar-refractivity contribution in [2.75, 3.05) is 0 Å². The van der Waals surface area contributed by atoms with Gasteiger partial charge in [-0.05, 0) is 12.1 Å². The third kappa shape index (κ3) is 4.14. The zero-order chi connectivity index (χ0) is 16.2. The van der Waals surface area contributed by atoms with Crippen molar-refractivity contribution in [3.05, 3.63) is 38.9 Å². The summed E-state index contributed by atoms with van der Waals surface area (Å²) in [7, 11) is 0. The van der Waals surface area contributed by atoms with Crippen molar-refractivity contribution in [2.24, 2.45) is 5.73 Å². The van der Waals surface area contributed by atoms with Crippen LogP contribution in [0.2, 0.25) is 5.02 Å². The predicted molar refractivity (Wildman–Crippen MR) is 70.8 cm³/mol. The number of aliphatic carboxylic acids is 1. The molecule has 1 atom stereocenters. The van der Waals surface area contributed by atoms with Gasteiger partial charge in [0.15, 0.2) is 0 Å². The SMILES string of the molecule is NC(=O)C[C@H](NC(=O)c1cccc(Cl)c1[N+](=O)[O-])C(=O)O. The smallest absolute Gasteiger partial charge is 0.326 e. The molecule has 1 aromatic rings. The number of benzene rings is 1. The van der Waals surface area contributed by atoms with E-state index in [0.717, 1.165) is 6.07 Å². The molecule has 0 heterocycles. The molecule has 0 aliphatic rings. The van der Waals surface area contributed by atoms with Crippen LogP contribution in [-0.2, 0) is 9.59 Å². The normalized spacial score (nSPS) is 11.5. The predicted octanol–water partition coefficient (Wildman–Crippen LogP) is 0.307. The molecule has 4 N–H and O–H groups in total. The number of nitrogens with zero attached hydrogens (tertiary/aromatic N) is 1. The molecule has 0 saturated heterocycles. The van der Waals surface area contributed by atoms with Gasteiger partial charge in [0.25, 0.3) is 5.91 Å². The number of halogens is 1. The van der Waals surface area contributed by atoms with Crippen molar-refractivity contribution in [1.82, 2.24) is 5.32 Å². The number of nitrogens with two attached hydrogens (primary N) is 1. The fourth-order valence-electron chi connectivity index (χ4n) is 1.52. The van der Waals surface area contributed by atoms with Crippen molar-refractivity contribution < 1.29 is 24.4 Å². The molecule has 1 rings (SSSR count). The number of hydrogen-bond acceptors (Lipinski definition) is 5. The number of amides is 2. The number of carboxylic acid groups (broad SMARTS) is 1. The molecule has 0 aliphatic carbocycles. The molecule has 0 unspecified atom stereocenters. The van der Waals surface area contributed by atoms with Crippen LogP contribution < -0.4 is 11.1 Å². The first-order chi connectivity index (χ1) is 9.73. The van der Waals surface area contributed by atoms with E-state index in [4.69, 9.17) is 22.4 Å². The lowest BCUT2D eigenvalue weighted by atomic mass is 10.1. The molecule has 1 aromatic carbocycles. The highest BCUT2D eigenvalue weighted by atomic mass is 35.5. The molecule has 0 radical (unpaired) electrons. The minimum atomic E-state index is -1.59. The lowest BCUT2D eigenvalue weighted by molar-refractivity contribution is -0.385. The quantitative estimate of drug-likeness (QED) is 0.507. The first-order valence-electron chi connectivity index (χ1n) is 5.49. The average molecular weight is 316 g/mol. The molecule has 21 heavy (non-hydrogen) atoms. The van der Waals surface area contributed by atoms with Gasteiger partial charge in [-0.3, -0.25) is 19.7 Å². The molecule has 112 valence electrons. The Bertz CT molecular complexity index is 618. The van der Waals surface area contributed by atoms with Crippen LogP contribution in [0.5, 0.6) is 0 Å². The summed E-state index contributed by atoms with van der Waals surface area (Å²) in [4.78, 5) is 43.6. The minimum Gasteiger partial charge on any atom is -0.480 e. The third-order valence-electron chi connectivity index (χ3n) is 2.42. The molecule has 0 aromatic heterocycles. The molecule has 2 amide bonds. The Morgan fingerprint density at radius 1 is 1.43 bits per heavy atom. The number of carbonyl (C=O) groups is 3. The van der Waals surface area contributed by atoms with E-state index < -0.39 is 46.4 Å². The van der Waals surface area contributed by atoms with Gasteiger partial charge in [0, 0.05) is 0 Å². The van der Waals surface area contributed by atoms with Crippen molar-refractivity contribution in [2.45, 2.75) is 12.5 Å². The van der Waals surface area contributed by atoms with Crippen LogP contribution in [0.3, 0.4) is 0 Å². The van der Waals surface area contributed by atoms with E-state index in [-0.39, 0.29) is 5.02 Å². The van der Waals surface area contributed by atoms with E-state index in [9.17, 15) is 24.5 Å². The molecular formula is C11H10ClN3O6. The molecule has 0 fully saturated rings. The molecular weight excluding hydrogens is 306 g/mol. The number of nitro groups is 1. The van der Waals surface area contributed by atoms with E-state index in [0.29, 0.717) is 0 Å². The van der Waals surface area contributed by atoms with E-state index in [2.05, 4.69) is 0 Å². The maximum atomic E-state index is 11.9. The monoisotopic (exact) mass is 315 g/mol. The maximum Gasteiger partial charge on any atom is 0.326 e. The van der Waals surface area contributed by atoms with Crippen LogP contribution in [0.15, 0.2) is 18.2 Å². The van der Waals surface area contributed by atoms with Crippen molar-refractivity contribution in [1.29, 1.82) is 0 Å². The zero-order valence-corrected chi connectivity index (χ0v) is 11.2. The van der Waals surface area contributed by atoms with E-state index in [1.54, 1.807) is 0 Å². The summed E-state index contributed by atoms with van der Waals surface area (Å²) in [6, 6.07) is 2.04. The van der Waals surface area contributed by atoms with Gasteiger partial charge in [0.1, 0.15) is 16.6 Å². The highest BCUT2D eigenvalue weighted by Gasteiger charge is 2.28. The number of primary amides is 1. The van der Waals surface area contributed by atoms with Crippen LogP contribution in [0, 0.1) is 10.1 Å². The van der Waals surface area contributed by atoms with Crippen LogP contribution in [0.4, 0.5) is 5.69 Å². The van der Waals surface area contributed by atoms with Gasteiger partial charge >= 0.3 is 11.7 Å². The Morgan fingerprint density at radius 3 is 2.52 bits per heavy atom. The highest BCUT2D eigenvalue weighted by Crippen LogP contribution is 2.28. The molecule has 0 bridgehead atoms. The number of nitro benzene ring substituents is 1. The second kappa shape index (κ2) is 6.66. The molecule has 9 nitrogen and oxygen atoms in total. The Labute approximate surface area is 122 Å². The topological polar surface area (TPSA) is 153 Å². The van der Waals surface area contributed by atoms with E-state index in [1.165, 1.54) is 12.1 Å². The first kappa shape index (κ1) is 16.4. The standard InChI is InChI=1S/C11H10ClN3O6/c12-6-3-1-2-5(9(6)15(20)21)10(17)14-7(11(18)19)4-8(13)16/h1-3,7H,4H2,(H2,13,16)(H,14,17)(H,18,19)/t7-/m0/s1. The third-order valence-corrected chi connectivity index (χ3v) is 2.73.